The maximum absolute atomic E-state index is 12.1. The van der Waals surface area contributed by atoms with Crippen LogP contribution in [0.4, 0.5) is 5.82 Å². The molecule has 0 aliphatic carbocycles. The zero-order valence-electron chi connectivity index (χ0n) is 13.1. The average Bonchev–Trinajstić information content (AvgIpc) is 2.42. The highest BCUT2D eigenvalue weighted by atomic mass is 16.2. The summed E-state index contributed by atoms with van der Waals surface area (Å²) in [7, 11) is 1.85. The lowest BCUT2D eigenvalue weighted by Crippen LogP contribution is -2.39. The summed E-state index contributed by atoms with van der Waals surface area (Å²) in [5.41, 5.74) is 8.68. The fourth-order valence-corrected chi connectivity index (χ4v) is 2.15. The topological polar surface area (TPSA) is 75.4 Å². The molecule has 2 N–H and O–H groups in total. The number of carbonyl (C=O) groups excluding carboxylic acids is 1. The lowest BCUT2D eigenvalue weighted by Gasteiger charge is -2.25. The number of rotatable bonds is 6. The minimum absolute atomic E-state index is 0.0838. The molecule has 0 saturated carbocycles. The zero-order chi connectivity index (χ0) is 15.3. The van der Waals surface area contributed by atoms with Gasteiger partial charge >= 0.3 is 0 Å². The number of nitrogens with zero attached hydrogens (tertiary/aromatic N) is 4. The van der Waals surface area contributed by atoms with E-state index in [0.717, 1.165) is 16.8 Å². The molecule has 20 heavy (non-hydrogen) atoms. The largest absolute Gasteiger partial charge is 0.349 e. The Hall–Kier alpha value is -1.69. The summed E-state index contributed by atoms with van der Waals surface area (Å²) >= 11 is 0. The van der Waals surface area contributed by atoms with Gasteiger partial charge in [0.05, 0.1) is 12.2 Å². The van der Waals surface area contributed by atoms with Gasteiger partial charge in [-0.3, -0.25) is 4.79 Å². The van der Waals surface area contributed by atoms with Crippen molar-refractivity contribution in [1.82, 2.24) is 15.1 Å². The molecular weight excluding hydrogens is 254 g/mol. The van der Waals surface area contributed by atoms with E-state index in [2.05, 4.69) is 10.2 Å². The van der Waals surface area contributed by atoms with E-state index in [9.17, 15) is 4.79 Å². The van der Waals surface area contributed by atoms with Crippen LogP contribution in [0, 0.1) is 13.8 Å². The van der Waals surface area contributed by atoms with E-state index in [1.54, 1.807) is 4.90 Å². The third-order valence-electron chi connectivity index (χ3n) is 3.61. The van der Waals surface area contributed by atoms with Gasteiger partial charge in [-0.2, -0.15) is 5.10 Å². The van der Waals surface area contributed by atoms with E-state index in [1.807, 2.05) is 39.6 Å². The minimum Gasteiger partial charge on any atom is -0.349 e. The molecule has 1 amide bonds. The SMILES string of the molecule is CCN(CC)C(=O)CN(C)c1nnc(C)c(C)c1CN. The summed E-state index contributed by atoms with van der Waals surface area (Å²) in [5.74, 6) is 0.775. The number of carbonyl (C=O) groups is 1. The Morgan fingerprint density at radius 1 is 1.20 bits per heavy atom. The molecule has 0 atom stereocenters. The van der Waals surface area contributed by atoms with Crippen LogP contribution in [0.15, 0.2) is 0 Å². The maximum atomic E-state index is 12.1. The maximum Gasteiger partial charge on any atom is 0.242 e. The molecule has 0 fully saturated rings. The van der Waals surface area contributed by atoms with Crippen molar-refractivity contribution in [3.63, 3.8) is 0 Å². The van der Waals surface area contributed by atoms with E-state index < -0.39 is 0 Å². The number of nitrogens with two attached hydrogens (primary N) is 1. The smallest absolute Gasteiger partial charge is 0.242 e. The van der Waals surface area contributed by atoms with Gasteiger partial charge in [0.25, 0.3) is 0 Å². The lowest BCUT2D eigenvalue weighted by molar-refractivity contribution is -0.129. The number of anilines is 1. The van der Waals surface area contributed by atoms with Crippen LogP contribution in [0.25, 0.3) is 0 Å². The van der Waals surface area contributed by atoms with Crippen molar-refractivity contribution in [3.05, 3.63) is 16.8 Å². The molecule has 0 radical (unpaired) electrons. The number of hydrogen-bond donors (Lipinski definition) is 1. The molecule has 1 heterocycles. The Morgan fingerprint density at radius 3 is 2.30 bits per heavy atom. The standard InChI is InChI=1S/C14H25N5O/c1-6-19(7-2)13(20)9-18(5)14-12(8-15)10(3)11(4)16-17-14/h6-9,15H2,1-5H3. The second kappa shape index (κ2) is 7.19. The summed E-state index contributed by atoms with van der Waals surface area (Å²) in [5, 5.41) is 8.33. The monoisotopic (exact) mass is 279 g/mol. The first-order valence-electron chi connectivity index (χ1n) is 6.97. The van der Waals surface area contributed by atoms with Crippen LogP contribution >= 0.6 is 0 Å². The molecule has 0 aromatic carbocycles. The molecule has 0 aliphatic rings. The Balaban J connectivity index is 2.95. The van der Waals surface area contributed by atoms with Crippen molar-refractivity contribution in [1.29, 1.82) is 0 Å². The van der Waals surface area contributed by atoms with Crippen molar-refractivity contribution in [2.75, 3.05) is 31.6 Å². The van der Waals surface area contributed by atoms with E-state index in [0.29, 0.717) is 25.5 Å². The highest BCUT2D eigenvalue weighted by Crippen LogP contribution is 2.20. The molecular formula is C14H25N5O. The number of hydrogen-bond acceptors (Lipinski definition) is 5. The summed E-state index contributed by atoms with van der Waals surface area (Å²) < 4.78 is 0. The van der Waals surface area contributed by atoms with E-state index in [4.69, 9.17) is 5.73 Å². The third kappa shape index (κ3) is 3.45. The van der Waals surface area contributed by atoms with Gasteiger partial charge in [0, 0.05) is 32.2 Å². The summed E-state index contributed by atoms with van der Waals surface area (Å²) in [6.07, 6.45) is 0. The van der Waals surface area contributed by atoms with Crippen LogP contribution in [0.3, 0.4) is 0 Å². The van der Waals surface area contributed by atoms with Crippen LogP contribution in [0.1, 0.15) is 30.7 Å². The molecule has 0 unspecified atom stereocenters. The van der Waals surface area contributed by atoms with Crippen molar-refractivity contribution >= 4 is 11.7 Å². The number of likely N-dealkylation sites (N-methyl/N-ethyl adjacent to an activating group) is 2. The van der Waals surface area contributed by atoms with Gasteiger partial charge in [0.1, 0.15) is 0 Å². The Morgan fingerprint density at radius 2 is 1.80 bits per heavy atom. The molecule has 0 bridgehead atoms. The summed E-state index contributed by atoms with van der Waals surface area (Å²) in [6.45, 7) is 9.94. The molecule has 0 aliphatic heterocycles. The van der Waals surface area contributed by atoms with Crippen LogP contribution in [-0.4, -0.2) is 47.7 Å². The first-order valence-corrected chi connectivity index (χ1v) is 6.97. The van der Waals surface area contributed by atoms with E-state index in [-0.39, 0.29) is 12.5 Å². The lowest BCUT2D eigenvalue weighted by atomic mass is 10.1. The summed E-state index contributed by atoms with van der Waals surface area (Å²) in [6, 6.07) is 0. The Kier molecular flexibility index (Phi) is 5.88. The normalized spacial score (nSPS) is 10.5. The van der Waals surface area contributed by atoms with Crippen molar-refractivity contribution < 1.29 is 4.79 Å². The Bertz CT molecular complexity index is 471. The Labute approximate surface area is 121 Å². The molecule has 6 nitrogen and oxygen atoms in total. The molecule has 1 rings (SSSR count). The zero-order valence-corrected chi connectivity index (χ0v) is 13.1. The highest BCUT2D eigenvalue weighted by Gasteiger charge is 2.18. The second-order valence-corrected chi connectivity index (χ2v) is 4.84. The van der Waals surface area contributed by atoms with Gasteiger partial charge in [-0.1, -0.05) is 0 Å². The van der Waals surface area contributed by atoms with Crippen molar-refractivity contribution in [2.24, 2.45) is 5.73 Å². The summed E-state index contributed by atoms with van der Waals surface area (Å²) in [4.78, 5) is 15.8. The van der Waals surface area contributed by atoms with Gasteiger partial charge in [0.15, 0.2) is 5.82 Å². The predicted octanol–water partition coefficient (Wildman–Crippen LogP) is 0.857. The fourth-order valence-electron chi connectivity index (χ4n) is 2.15. The third-order valence-corrected chi connectivity index (χ3v) is 3.61. The average molecular weight is 279 g/mol. The van der Waals surface area contributed by atoms with Gasteiger partial charge in [-0.25, -0.2) is 0 Å². The van der Waals surface area contributed by atoms with Crippen LogP contribution < -0.4 is 10.6 Å². The molecule has 112 valence electrons. The van der Waals surface area contributed by atoms with Gasteiger partial charge in [0.2, 0.25) is 5.91 Å². The second-order valence-electron chi connectivity index (χ2n) is 4.84. The first-order chi connectivity index (χ1) is 9.46. The number of aromatic nitrogens is 2. The van der Waals surface area contributed by atoms with Gasteiger partial charge in [-0.15, -0.1) is 5.10 Å². The van der Waals surface area contributed by atoms with Crippen LogP contribution in [0.2, 0.25) is 0 Å². The molecule has 1 aromatic rings. The van der Waals surface area contributed by atoms with Gasteiger partial charge < -0.3 is 15.5 Å². The van der Waals surface area contributed by atoms with E-state index in [1.165, 1.54) is 0 Å². The molecule has 6 heteroatoms. The molecule has 1 aromatic heterocycles. The number of amides is 1. The fraction of sp³-hybridized carbons (Fsp3) is 0.643. The minimum atomic E-state index is 0.0838. The van der Waals surface area contributed by atoms with Crippen molar-refractivity contribution in [3.8, 4) is 0 Å². The molecule has 0 spiro atoms. The molecule has 0 saturated heterocycles. The van der Waals surface area contributed by atoms with E-state index >= 15 is 0 Å². The predicted molar refractivity (Wildman–Crippen MR) is 80.6 cm³/mol. The quantitative estimate of drug-likeness (QED) is 0.836. The van der Waals surface area contributed by atoms with Gasteiger partial charge in [-0.05, 0) is 33.3 Å². The number of aryl methyl sites for hydroxylation is 1. The first kappa shape index (κ1) is 16.4. The van der Waals surface area contributed by atoms with Crippen LogP contribution in [0.5, 0.6) is 0 Å². The highest BCUT2D eigenvalue weighted by molar-refractivity contribution is 5.81. The van der Waals surface area contributed by atoms with Crippen molar-refractivity contribution in [2.45, 2.75) is 34.2 Å². The van der Waals surface area contributed by atoms with Crippen LogP contribution in [-0.2, 0) is 11.3 Å².